The van der Waals surface area contributed by atoms with E-state index < -0.39 is 0 Å². The number of rotatable bonds is 2. The molecule has 0 saturated carbocycles. The minimum Gasteiger partial charge on any atom is -0.339 e. The molecule has 0 fully saturated rings. The van der Waals surface area contributed by atoms with Crippen LogP contribution in [0.4, 0.5) is 11.5 Å². The molecule has 1 N–H and O–H groups in total. The standard InChI is InChI=1S/C11H9BrClN3/c1-7-2-3-8(13)4-10(7)16-11-9(12)5-14-6-15-11/h2-6H,1H3,(H,14,15,16). The van der Waals surface area contributed by atoms with Gasteiger partial charge in [0.15, 0.2) is 0 Å². The summed E-state index contributed by atoms with van der Waals surface area (Å²) in [5.74, 6) is 0.723. The van der Waals surface area contributed by atoms with E-state index in [1.165, 1.54) is 6.33 Å². The Morgan fingerprint density at radius 2 is 2.19 bits per heavy atom. The molecule has 2 aromatic rings. The second kappa shape index (κ2) is 4.80. The van der Waals surface area contributed by atoms with Gasteiger partial charge >= 0.3 is 0 Å². The Kier molecular flexibility index (Phi) is 3.41. The highest BCUT2D eigenvalue weighted by Crippen LogP contribution is 2.26. The first-order valence-corrected chi connectivity index (χ1v) is 5.82. The summed E-state index contributed by atoms with van der Waals surface area (Å²) in [6.45, 7) is 2.01. The van der Waals surface area contributed by atoms with Crippen molar-refractivity contribution in [2.75, 3.05) is 5.32 Å². The monoisotopic (exact) mass is 297 g/mol. The summed E-state index contributed by atoms with van der Waals surface area (Å²) >= 11 is 9.31. The molecule has 0 aliphatic heterocycles. The summed E-state index contributed by atoms with van der Waals surface area (Å²) < 4.78 is 0.814. The third kappa shape index (κ3) is 2.51. The number of hydrogen-bond donors (Lipinski definition) is 1. The molecule has 0 spiro atoms. The van der Waals surface area contributed by atoms with E-state index in [0.29, 0.717) is 5.02 Å². The lowest BCUT2D eigenvalue weighted by Crippen LogP contribution is -1.97. The molecule has 0 saturated heterocycles. The molecule has 0 bridgehead atoms. The Balaban J connectivity index is 2.34. The van der Waals surface area contributed by atoms with E-state index in [0.717, 1.165) is 21.5 Å². The van der Waals surface area contributed by atoms with Crippen LogP contribution in [0.15, 0.2) is 35.2 Å². The minimum atomic E-state index is 0.693. The van der Waals surface area contributed by atoms with Gasteiger partial charge in [0.1, 0.15) is 12.1 Å². The summed E-state index contributed by atoms with van der Waals surface area (Å²) in [6.07, 6.45) is 3.18. The molecule has 16 heavy (non-hydrogen) atoms. The van der Waals surface area contributed by atoms with E-state index in [4.69, 9.17) is 11.6 Å². The van der Waals surface area contributed by atoms with E-state index >= 15 is 0 Å². The van der Waals surface area contributed by atoms with Gasteiger partial charge in [0.2, 0.25) is 0 Å². The van der Waals surface area contributed by atoms with Crippen molar-refractivity contribution in [3.63, 3.8) is 0 Å². The topological polar surface area (TPSA) is 37.8 Å². The van der Waals surface area contributed by atoms with Gasteiger partial charge in [-0.1, -0.05) is 17.7 Å². The number of benzene rings is 1. The van der Waals surface area contributed by atoms with Crippen LogP contribution in [0.1, 0.15) is 5.56 Å². The van der Waals surface area contributed by atoms with Crippen molar-refractivity contribution in [3.8, 4) is 0 Å². The van der Waals surface area contributed by atoms with Crippen molar-refractivity contribution >= 4 is 39.0 Å². The maximum atomic E-state index is 5.94. The molecule has 1 heterocycles. The van der Waals surface area contributed by atoms with Crippen LogP contribution >= 0.6 is 27.5 Å². The molecule has 0 aliphatic carbocycles. The molecule has 1 aromatic heterocycles. The van der Waals surface area contributed by atoms with Crippen molar-refractivity contribution in [3.05, 3.63) is 45.8 Å². The van der Waals surface area contributed by atoms with Crippen LogP contribution in [0.2, 0.25) is 5.02 Å². The first-order valence-electron chi connectivity index (χ1n) is 4.65. The fourth-order valence-corrected chi connectivity index (χ4v) is 1.75. The van der Waals surface area contributed by atoms with Gasteiger partial charge in [0, 0.05) is 16.9 Å². The van der Waals surface area contributed by atoms with Crippen molar-refractivity contribution in [1.29, 1.82) is 0 Å². The lowest BCUT2D eigenvalue weighted by molar-refractivity contribution is 1.15. The summed E-state index contributed by atoms with van der Waals surface area (Å²) in [5.41, 5.74) is 2.04. The number of aryl methyl sites for hydroxylation is 1. The van der Waals surface area contributed by atoms with Gasteiger partial charge < -0.3 is 5.32 Å². The first-order chi connectivity index (χ1) is 7.66. The van der Waals surface area contributed by atoms with Gasteiger partial charge in [-0.3, -0.25) is 0 Å². The number of halogens is 2. The molecular formula is C11H9BrClN3. The highest BCUT2D eigenvalue weighted by Gasteiger charge is 2.04. The lowest BCUT2D eigenvalue weighted by Gasteiger charge is -2.09. The summed E-state index contributed by atoms with van der Waals surface area (Å²) in [7, 11) is 0. The van der Waals surface area contributed by atoms with Crippen molar-refractivity contribution < 1.29 is 0 Å². The van der Waals surface area contributed by atoms with E-state index in [1.807, 2.05) is 25.1 Å². The Morgan fingerprint density at radius 3 is 2.94 bits per heavy atom. The predicted molar refractivity (Wildman–Crippen MR) is 69.2 cm³/mol. The summed E-state index contributed by atoms with van der Waals surface area (Å²) in [5, 5.41) is 3.89. The van der Waals surface area contributed by atoms with Crippen molar-refractivity contribution in [2.45, 2.75) is 6.92 Å². The number of hydrogen-bond acceptors (Lipinski definition) is 3. The van der Waals surface area contributed by atoms with Crippen LogP contribution in [-0.4, -0.2) is 9.97 Å². The molecule has 2 rings (SSSR count). The first kappa shape index (κ1) is 11.4. The number of nitrogens with one attached hydrogen (secondary N) is 1. The number of anilines is 2. The summed E-state index contributed by atoms with van der Waals surface area (Å²) in [4.78, 5) is 8.03. The second-order valence-electron chi connectivity index (χ2n) is 3.30. The van der Waals surface area contributed by atoms with Crippen LogP contribution in [0.5, 0.6) is 0 Å². The third-order valence-electron chi connectivity index (χ3n) is 2.12. The molecule has 0 unspecified atom stereocenters. The quantitative estimate of drug-likeness (QED) is 0.912. The molecule has 0 aliphatic rings. The zero-order valence-corrected chi connectivity index (χ0v) is 10.9. The molecule has 0 amide bonds. The van der Waals surface area contributed by atoms with Crippen LogP contribution in [0, 0.1) is 6.92 Å². The third-order valence-corrected chi connectivity index (χ3v) is 2.94. The fraction of sp³-hybridized carbons (Fsp3) is 0.0909. The average molecular weight is 299 g/mol. The van der Waals surface area contributed by atoms with Crippen LogP contribution in [-0.2, 0) is 0 Å². The molecule has 1 aromatic carbocycles. The summed E-state index contributed by atoms with van der Waals surface area (Å²) in [6, 6.07) is 5.68. The molecule has 82 valence electrons. The van der Waals surface area contributed by atoms with Gasteiger partial charge in [-0.15, -0.1) is 0 Å². The average Bonchev–Trinajstić information content (AvgIpc) is 2.27. The van der Waals surface area contributed by atoms with Crippen LogP contribution in [0.3, 0.4) is 0 Å². The van der Waals surface area contributed by atoms with Gasteiger partial charge in [-0.05, 0) is 40.5 Å². The molecule has 3 nitrogen and oxygen atoms in total. The molecule has 0 atom stereocenters. The fourth-order valence-electron chi connectivity index (χ4n) is 1.26. The van der Waals surface area contributed by atoms with E-state index in [-0.39, 0.29) is 0 Å². The molecule has 5 heteroatoms. The van der Waals surface area contributed by atoms with E-state index in [1.54, 1.807) is 6.20 Å². The van der Waals surface area contributed by atoms with Crippen LogP contribution in [0.25, 0.3) is 0 Å². The van der Waals surface area contributed by atoms with Crippen molar-refractivity contribution in [1.82, 2.24) is 9.97 Å². The highest BCUT2D eigenvalue weighted by molar-refractivity contribution is 9.10. The number of aromatic nitrogens is 2. The van der Waals surface area contributed by atoms with Gasteiger partial charge in [-0.25, -0.2) is 9.97 Å². The highest BCUT2D eigenvalue weighted by atomic mass is 79.9. The smallest absolute Gasteiger partial charge is 0.148 e. The number of nitrogens with zero attached hydrogens (tertiary/aromatic N) is 2. The van der Waals surface area contributed by atoms with Crippen molar-refractivity contribution in [2.24, 2.45) is 0 Å². The largest absolute Gasteiger partial charge is 0.339 e. The predicted octanol–water partition coefficient (Wildman–Crippen LogP) is 3.94. The van der Waals surface area contributed by atoms with Crippen LogP contribution < -0.4 is 5.32 Å². The van der Waals surface area contributed by atoms with E-state index in [9.17, 15) is 0 Å². The normalized spacial score (nSPS) is 10.2. The zero-order valence-electron chi connectivity index (χ0n) is 8.54. The zero-order chi connectivity index (χ0) is 11.5. The van der Waals surface area contributed by atoms with Gasteiger partial charge in [0.25, 0.3) is 0 Å². The Bertz CT molecular complexity index is 516. The maximum Gasteiger partial charge on any atom is 0.148 e. The molecule has 0 radical (unpaired) electrons. The van der Waals surface area contributed by atoms with Gasteiger partial charge in [-0.2, -0.15) is 0 Å². The maximum absolute atomic E-state index is 5.94. The SMILES string of the molecule is Cc1ccc(Cl)cc1Nc1ncncc1Br. The minimum absolute atomic E-state index is 0.693. The van der Waals surface area contributed by atoms with E-state index in [2.05, 4.69) is 31.2 Å². The molecular weight excluding hydrogens is 289 g/mol. The Hall–Kier alpha value is -1.13. The Morgan fingerprint density at radius 1 is 1.38 bits per heavy atom. The second-order valence-corrected chi connectivity index (χ2v) is 4.59. The lowest BCUT2D eigenvalue weighted by atomic mass is 10.2. The van der Waals surface area contributed by atoms with Gasteiger partial charge in [0.05, 0.1) is 4.47 Å². The Labute approximate surface area is 107 Å².